The van der Waals surface area contributed by atoms with Gasteiger partial charge in [-0.2, -0.15) is 0 Å². The maximum absolute atomic E-state index is 5.90. The number of nitrogens with zero attached hydrogens (tertiary/aromatic N) is 2. The molecule has 2 N–H and O–H groups in total. The Morgan fingerprint density at radius 3 is 3.26 bits per heavy atom. The molecule has 0 aliphatic carbocycles. The number of rotatable bonds is 5. The van der Waals surface area contributed by atoms with Gasteiger partial charge < -0.3 is 19.8 Å². The zero-order valence-electron chi connectivity index (χ0n) is 10.7. The van der Waals surface area contributed by atoms with Crippen molar-refractivity contribution in [3.05, 3.63) is 42.5 Å². The number of nitrogens with two attached hydrogens (primary N) is 1. The monoisotopic (exact) mass is 259 g/mol. The topological polar surface area (TPSA) is 62.3 Å². The summed E-state index contributed by atoms with van der Waals surface area (Å²) in [6.07, 6.45) is 6.48. The minimum atomic E-state index is -0.00899. The van der Waals surface area contributed by atoms with Crippen LogP contribution in [0.25, 0.3) is 0 Å². The van der Waals surface area contributed by atoms with E-state index in [1.807, 2.05) is 35.3 Å². The van der Waals surface area contributed by atoms with Crippen LogP contribution in [-0.4, -0.2) is 22.8 Å². The molecule has 0 amide bonds. The molecule has 0 bridgehead atoms. The van der Waals surface area contributed by atoms with Gasteiger partial charge in [-0.1, -0.05) is 0 Å². The molecular formula is C14H17N3O2. The highest BCUT2D eigenvalue weighted by molar-refractivity contribution is 5.44. The van der Waals surface area contributed by atoms with Crippen LogP contribution in [-0.2, 0) is 6.54 Å². The summed E-state index contributed by atoms with van der Waals surface area (Å²) in [5, 5.41) is 0. The molecule has 2 aromatic rings. The van der Waals surface area contributed by atoms with E-state index in [0.717, 1.165) is 30.0 Å². The Balaban J connectivity index is 1.51. The van der Waals surface area contributed by atoms with Crippen molar-refractivity contribution in [1.29, 1.82) is 0 Å². The Bertz CT molecular complexity index is 540. The number of aryl methyl sites for hydroxylation is 1. The molecule has 0 fully saturated rings. The highest BCUT2D eigenvalue weighted by atomic mass is 16.5. The lowest BCUT2D eigenvalue weighted by molar-refractivity contribution is 0.297. The number of fused-ring (bicyclic) bond motifs is 1. The van der Waals surface area contributed by atoms with E-state index in [0.29, 0.717) is 13.2 Å². The molecular weight excluding hydrogens is 242 g/mol. The number of imidazole rings is 1. The van der Waals surface area contributed by atoms with Gasteiger partial charge in [-0.25, -0.2) is 4.98 Å². The second kappa shape index (κ2) is 5.32. The zero-order valence-corrected chi connectivity index (χ0v) is 10.7. The maximum atomic E-state index is 5.90. The van der Waals surface area contributed by atoms with Crippen LogP contribution in [0.4, 0.5) is 0 Å². The molecule has 1 aliphatic heterocycles. The predicted octanol–water partition coefficient (Wildman–Crippen LogP) is 1.74. The van der Waals surface area contributed by atoms with Crippen molar-refractivity contribution >= 4 is 0 Å². The number of benzene rings is 1. The minimum Gasteiger partial charge on any atom is -0.493 e. The first-order valence-electron chi connectivity index (χ1n) is 6.44. The van der Waals surface area contributed by atoms with Crippen molar-refractivity contribution in [1.82, 2.24) is 9.55 Å². The van der Waals surface area contributed by atoms with Crippen LogP contribution >= 0.6 is 0 Å². The lowest BCUT2D eigenvalue weighted by atomic mass is 10.1. The van der Waals surface area contributed by atoms with Crippen LogP contribution in [0.15, 0.2) is 36.9 Å². The van der Waals surface area contributed by atoms with E-state index < -0.39 is 0 Å². The first-order chi connectivity index (χ1) is 9.33. The minimum absolute atomic E-state index is 0.00899. The average molecular weight is 259 g/mol. The van der Waals surface area contributed by atoms with Crippen molar-refractivity contribution in [2.45, 2.75) is 19.0 Å². The van der Waals surface area contributed by atoms with Crippen LogP contribution in [0.2, 0.25) is 0 Å². The molecule has 1 aromatic carbocycles. The van der Waals surface area contributed by atoms with Gasteiger partial charge in [0.05, 0.1) is 19.0 Å². The van der Waals surface area contributed by atoms with Gasteiger partial charge in [0.2, 0.25) is 0 Å². The van der Waals surface area contributed by atoms with Gasteiger partial charge in [0, 0.05) is 30.6 Å². The lowest BCUT2D eigenvalue weighted by Crippen LogP contribution is -2.10. The van der Waals surface area contributed by atoms with E-state index in [2.05, 4.69) is 4.98 Å². The highest BCUT2D eigenvalue weighted by Crippen LogP contribution is 2.33. The number of hydrogen-bond donors (Lipinski definition) is 1. The standard InChI is InChI=1S/C14H17N3O2/c15-13-9-19-14-8-11(2-3-12(13)14)18-7-1-5-17-6-4-16-10-17/h2-4,6,8,10,13H,1,5,7,9,15H2. The van der Waals surface area contributed by atoms with Gasteiger partial charge in [-0.15, -0.1) is 0 Å². The molecule has 19 heavy (non-hydrogen) atoms. The molecule has 100 valence electrons. The van der Waals surface area contributed by atoms with Crippen molar-refractivity contribution in [3.63, 3.8) is 0 Å². The largest absolute Gasteiger partial charge is 0.493 e. The number of aromatic nitrogens is 2. The summed E-state index contributed by atoms with van der Waals surface area (Å²) in [5.41, 5.74) is 6.96. The van der Waals surface area contributed by atoms with Gasteiger partial charge >= 0.3 is 0 Å². The van der Waals surface area contributed by atoms with E-state index in [1.54, 1.807) is 6.20 Å². The summed E-state index contributed by atoms with van der Waals surface area (Å²) in [6.45, 7) is 2.13. The second-order valence-electron chi connectivity index (χ2n) is 4.62. The maximum Gasteiger partial charge on any atom is 0.127 e. The van der Waals surface area contributed by atoms with Crippen molar-refractivity contribution in [2.24, 2.45) is 5.73 Å². The molecule has 1 aromatic heterocycles. The first-order valence-corrected chi connectivity index (χ1v) is 6.44. The van der Waals surface area contributed by atoms with Gasteiger partial charge in [-0.3, -0.25) is 0 Å². The normalized spacial score (nSPS) is 17.0. The zero-order chi connectivity index (χ0) is 13.1. The summed E-state index contributed by atoms with van der Waals surface area (Å²) in [7, 11) is 0. The van der Waals surface area contributed by atoms with E-state index in [4.69, 9.17) is 15.2 Å². The molecule has 0 saturated carbocycles. The van der Waals surface area contributed by atoms with E-state index in [-0.39, 0.29) is 6.04 Å². The quantitative estimate of drug-likeness (QED) is 0.831. The molecule has 5 heteroatoms. The third-order valence-corrected chi connectivity index (χ3v) is 3.19. The van der Waals surface area contributed by atoms with Crippen LogP contribution in [0.5, 0.6) is 11.5 Å². The van der Waals surface area contributed by atoms with Crippen LogP contribution in [0.1, 0.15) is 18.0 Å². The van der Waals surface area contributed by atoms with Crippen molar-refractivity contribution in [2.75, 3.05) is 13.2 Å². The summed E-state index contributed by atoms with van der Waals surface area (Å²) in [6, 6.07) is 5.84. The average Bonchev–Trinajstić information content (AvgIpc) is 3.05. The highest BCUT2D eigenvalue weighted by Gasteiger charge is 2.20. The Kier molecular flexibility index (Phi) is 3.37. The third-order valence-electron chi connectivity index (χ3n) is 3.19. The van der Waals surface area contributed by atoms with Crippen LogP contribution in [0.3, 0.4) is 0 Å². The summed E-state index contributed by atoms with van der Waals surface area (Å²) in [4.78, 5) is 4.00. The van der Waals surface area contributed by atoms with Gasteiger partial charge in [0.25, 0.3) is 0 Å². The van der Waals surface area contributed by atoms with Gasteiger partial charge in [-0.05, 0) is 18.6 Å². The Morgan fingerprint density at radius 1 is 1.47 bits per heavy atom. The summed E-state index contributed by atoms with van der Waals surface area (Å²) < 4.78 is 13.2. The predicted molar refractivity (Wildman–Crippen MR) is 71.2 cm³/mol. The molecule has 1 aliphatic rings. The molecule has 1 unspecified atom stereocenters. The smallest absolute Gasteiger partial charge is 0.127 e. The van der Waals surface area contributed by atoms with E-state index >= 15 is 0 Å². The first kappa shape index (κ1) is 12.0. The number of ether oxygens (including phenoxy) is 2. The Morgan fingerprint density at radius 2 is 2.42 bits per heavy atom. The fourth-order valence-corrected chi connectivity index (χ4v) is 2.16. The molecule has 0 radical (unpaired) electrons. The van der Waals surface area contributed by atoms with E-state index in [9.17, 15) is 0 Å². The van der Waals surface area contributed by atoms with Crippen LogP contribution in [0, 0.1) is 0 Å². The van der Waals surface area contributed by atoms with Crippen molar-refractivity contribution in [3.8, 4) is 11.5 Å². The summed E-state index contributed by atoms with van der Waals surface area (Å²) in [5.74, 6) is 1.68. The Labute approximate surface area is 112 Å². The molecule has 0 spiro atoms. The van der Waals surface area contributed by atoms with E-state index in [1.165, 1.54) is 0 Å². The molecule has 1 atom stereocenters. The van der Waals surface area contributed by atoms with Crippen LogP contribution < -0.4 is 15.2 Å². The van der Waals surface area contributed by atoms with Crippen molar-refractivity contribution < 1.29 is 9.47 Å². The number of hydrogen-bond acceptors (Lipinski definition) is 4. The molecule has 0 saturated heterocycles. The fourth-order valence-electron chi connectivity index (χ4n) is 2.16. The van der Waals surface area contributed by atoms with Gasteiger partial charge in [0.15, 0.2) is 0 Å². The fraction of sp³-hybridized carbons (Fsp3) is 0.357. The molecule has 2 heterocycles. The lowest BCUT2D eigenvalue weighted by Gasteiger charge is -2.08. The molecule has 3 rings (SSSR count). The summed E-state index contributed by atoms with van der Waals surface area (Å²) >= 11 is 0. The Hall–Kier alpha value is -2.01. The SMILES string of the molecule is NC1COc2cc(OCCCn3ccnc3)ccc21. The second-order valence-corrected chi connectivity index (χ2v) is 4.62. The third kappa shape index (κ3) is 2.71. The molecule has 5 nitrogen and oxygen atoms in total. The van der Waals surface area contributed by atoms with Gasteiger partial charge in [0.1, 0.15) is 18.1 Å².